The first kappa shape index (κ1) is 10.3. The lowest BCUT2D eigenvalue weighted by molar-refractivity contribution is 0.111. The Morgan fingerprint density at radius 3 is 2.80 bits per heavy atom. The molecule has 0 N–H and O–H groups in total. The number of pyridine rings is 1. The van der Waals surface area contributed by atoms with Gasteiger partial charge in [0.05, 0.1) is 10.7 Å². The van der Waals surface area contributed by atoms with Gasteiger partial charge in [0, 0.05) is 11.1 Å². The monoisotopic (exact) mass is 238 g/mol. The summed E-state index contributed by atoms with van der Waals surface area (Å²) < 4.78 is 0. The summed E-state index contributed by atoms with van der Waals surface area (Å²) in [7, 11) is 0. The van der Waals surface area contributed by atoms with Gasteiger partial charge in [-0.25, -0.2) is 4.98 Å². The average Bonchev–Trinajstić information content (AvgIpc) is 2.61. The molecule has 0 aliphatic carbocycles. The molecule has 0 atom stereocenters. The van der Waals surface area contributed by atoms with E-state index in [2.05, 4.69) is 9.97 Å². The number of carbonyl (C=O) groups is 1. The van der Waals surface area contributed by atoms with E-state index in [9.17, 15) is 4.79 Å². The van der Waals surface area contributed by atoms with Gasteiger partial charge in [0.15, 0.2) is 6.29 Å². The number of aromatic nitrogens is 2. The minimum atomic E-state index is 0.478. The first-order valence-corrected chi connectivity index (χ1v) is 5.44. The van der Waals surface area contributed by atoms with Crippen LogP contribution in [0.15, 0.2) is 18.3 Å². The van der Waals surface area contributed by atoms with Crippen LogP contribution in [0.4, 0.5) is 0 Å². The minimum Gasteiger partial charge on any atom is -0.296 e. The van der Waals surface area contributed by atoms with Crippen molar-refractivity contribution in [2.45, 2.75) is 6.92 Å². The molecule has 0 aliphatic heterocycles. The van der Waals surface area contributed by atoms with E-state index in [0.29, 0.717) is 10.7 Å². The Balaban J connectivity index is 2.45. The van der Waals surface area contributed by atoms with Crippen LogP contribution in [0, 0.1) is 6.92 Å². The predicted octanol–water partition coefficient (Wildman–Crippen LogP) is 2.98. The molecule has 2 heterocycles. The summed E-state index contributed by atoms with van der Waals surface area (Å²) in [4.78, 5) is 19.8. The van der Waals surface area contributed by atoms with Crippen LogP contribution in [0.2, 0.25) is 5.02 Å². The second-order valence-electron chi connectivity index (χ2n) is 2.94. The van der Waals surface area contributed by atoms with Gasteiger partial charge in [-0.2, -0.15) is 0 Å². The third-order valence-electron chi connectivity index (χ3n) is 1.89. The molecule has 0 aromatic carbocycles. The van der Waals surface area contributed by atoms with E-state index >= 15 is 0 Å². The summed E-state index contributed by atoms with van der Waals surface area (Å²) in [5, 5.41) is 1.33. The molecular formula is C10H7ClN2OS. The number of rotatable bonds is 2. The quantitative estimate of drug-likeness (QED) is 0.756. The lowest BCUT2D eigenvalue weighted by atomic mass is 10.3. The molecule has 0 aliphatic rings. The van der Waals surface area contributed by atoms with E-state index in [1.165, 1.54) is 11.3 Å². The molecule has 0 spiro atoms. The number of aryl methyl sites for hydroxylation is 1. The number of nitrogens with zero attached hydrogens (tertiary/aromatic N) is 2. The summed E-state index contributed by atoms with van der Waals surface area (Å²) in [6, 6.07) is 3.54. The van der Waals surface area contributed by atoms with E-state index in [0.717, 1.165) is 21.9 Å². The molecule has 2 aromatic rings. The van der Waals surface area contributed by atoms with Crippen molar-refractivity contribution >= 4 is 29.2 Å². The average molecular weight is 239 g/mol. The molecule has 0 amide bonds. The van der Waals surface area contributed by atoms with Gasteiger partial charge in [-0.1, -0.05) is 11.6 Å². The van der Waals surface area contributed by atoms with E-state index in [1.807, 2.05) is 6.92 Å². The van der Waals surface area contributed by atoms with E-state index in [1.54, 1.807) is 18.3 Å². The second kappa shape index (κ2) is 4.08. The maximum Gasteiger partial charge on any atom is 0.169 e. The Morgan fingerprint density at radius 1 is 1.47 bits per heavy atom. The molecular weight excluding hydrogens is 232 g/mol. The molecule has 15 heavy (non-hydrogen) atoms. The van der Waals surface area contributed by atoms with Gasteiger partial charge in [-0.3, -0.25) is 9.78 Å². The van der Waals surface area contributed by atoms with Crippen LogP contribution in [0.1, 0.15) is 15.4 Å². The summed E-state index contributed by atoms with van der Waals surface area (Å²) in [6.45, 7) is 1.86. The number of thiazole rings is 1. The number of hydrogen-bond acceptors (Lipinski definition) is 4. The van der Waals surface area contributed by atoms with Gasteiger partial charge >= 0.3 is 0 Å². The smallest absolute Gasteiger partial charge is 0.169 e. The van der Waals surface area contributed by atoms with E-state index < -0.39 is 0 Å². The highest BCUT2D eigenvalue weighted by molar-refractivity contribution is 7.15. The van der Waals surface area contributed by atoms with Crippen LogP contribution < -0.4 is 0 Å². The van der Waals surface area contributed by atoms with E-state index in [4.69, 9.17) is 11.6 Å². The topological polar surface area (TPSA) is 42.9 Å². The Morgan fingerprint density at radius 2 is 2.27 bits per heavy atom. The zero-order valence-corrected chi connectivity index (χ0v) is 9.47. The van der Waals surface area contributed by atoms with Crippen molar-refractivity contribution in [3.63, 3.8) is 0 Å². The van der Waals surface area contributed by atoms with Crippen molar-refractivity contribution in [1.29, 1.82) is 0 Å². The van der Waals surface area contributed by atoms with Gasteiger partial charge in [0.2, 0.25) is 0 Å². The van der Waals surface area contributed by atoms with E-state index in [-0.39, 0.29) is 0 Å². The lowest BCUT2D eigenvalue weighted by Gasteiger charge is -1.93. The van der Waals surface area contributed by atoms with Gasteiger partial charge in [-0.05, 0) is 19.1 Å². The van der Waals surface area contributed by atoms with Crippen molar-refractivity contribution in [3.05, 3.63) is 33.9 Å². The molecule has 76 valence electrons. The van der Waals surface area contributed by atoms with Crippen LogP contribution in [-0.2, 0) is 0 Å². The number of aldehydes is 1. The fraction of sp³-hybridized carbons (Fsp3) is 0.100. The lowest BCUT2D eigenvalue weighted by Crippen LogP contribution is -1.84. The number of hydrogen-bond donors (Lipinski definition) is 0. The van der Waals surface area contributed by atoms with Crippen LogP contribution >= 0.6 is 22.9 Å². The van der Waals surface area contributed by atoms with Gasteiger partial charge in [0.1, 0.15) is 10.7 Å². The van der Waals surface area contributed by atoms with Crippen molar-refractivity contribution in [1.82, 2.24) is 9.97 Å². The molecule has 2 rings (SSSR count). The third-order valence-corrected chi connectivity index (χ3v) is 3.12. The highest BCUT2D eigenvalue weighted by atomic mass is 35.5. The fourth-order valence-electron chi connectivity index (χ4n) is 1.13. The Labute approximate surface area is 95.8 Å². The van der Waals surface area contributed by atoms with Crippen LogP contribution in [-0.4, -0.2) is 16.3 Å². The third kappa shape index (κ3) is 2.06. The molecule has 0 radical (unpaired) electrons. The second-order valence-corrected chi connectivity index (χ2v) is 4.58. The highest BCUT2D eigenvalue weighted by Gasteiger charge is 2.09. The number of carbonyl (C=O) groups excluding carboxylic acids is 1. The van der Waals surface area contributed by atoms with Crippen molar-refractivity contribution in [3.8, 4) is 10.7 Å². The standard InChI is InChI=1S/C10H7ClN2OS/c1-6-9(5-14)13-10(15-6)8-3-2-7(11)4-12-8/h2-5H,1H3. The first-order valence-electron chi connectivity index (χ1n) is 4.25. The summed E-state index contributed by atoms with van der Waals surface area (Å²) in [5.41, 5.74) is 1.22. The largest absolute Gasteiger partial charge is 0.296 e. The van der Waals surface area contributed by atoms with Crippen molar-refractivity contribution in [2.24, 2.45) is 0 Å². The van der Waals surface area contributed by atoms with Crippen molar-refractivity contribution < 1.29 is 4.79 Å². The van der Waals surface area contributed by atoms with Gasteiger partial charge in [0.25, 0.3) is 0 Å². The molecule has 5 heteroatoms. The maximum atomic E-state index is 10.6. The predicted molar refractivity (Wildman–Crippen MR) is 60.5 cm³/mol. The Bertz CT molecular complexity index is 493. The molecule has 0 saturated heterocycles. The highest BCUT2D eigenvalue weighted by Crippen LogP contribution is 2.25. The molecule has 0 saturated carbocycles. The molecule has 0 fully saturated rings. The Kier molecular flexibility index (Phi) is 2.79. The van der Waals surface area contributed by atoms with Crippen LogP contribution in [0.3, 0.4) is 0 Å². The zero-order chi connectivity index (χ0) is 10.8. The normalized spacial score (nSPS) is 10.3. The number of halogens is 1. The first-order chi connectivity index (χ1) is 7.20. The maximum absolute atomic E-state index is 10.6. The fourth-order valence-corrected chi connectivity index (χ4v) is 2.10. The van der Waals surface area contributed by atoms with Gasteiger partial charge < -0.3 is 0 Å². The van der Waals surface area contributed by atoms with Gasteiger partial charge in [-0.15, -0.1) is 11.3 Å². The molecule has 0 bridgehead atoms. The summed E-state index contributed by atoms with van der Waals surface area (Å²) >= 11 is 7.18. The summed E-state index contributed by atoms with van der Waals surface area (Å²) in [5.74, 6) is 0. The van der Waals surface area contributed by atoms with Crippen LogP contribution in [0.5, 0.6) is 0 Å². The summed E-state index contributed by atoms with van der Waals surface area (Å²) in [6.07, 6.45) is 2.32. The molecule has 3 nitrogen and oxygen atoms in total. The Hall–Kier alpha value is -1.26. The zero-order valence-electron chi connectivity index (χ0n) is 7.90. The minimum absolute atomic E-state index is 0.478. The van der Waals surface area contributed by atoms with Crippen LogP contribution in [0.25, 0.3) is 10.7 Å². The molecule has 2 aromatic heterocycles. The van der Waals surface area contributed by atoms with Crippen molar-refractivity contribution in [2.75, 3.05) is 0 Å². The SMILES string of the molecule is Cc1sc(-c2ccc(Cl)cn2)nc1C=O. The molecule has 0 unspecified atom stereocenters.